The zero-order valence-corrected chi connectivity index (χ0v) is 28.7. The summed E-state index contributed by atoms with van der Waals surface area (Å²) in [6.07, 6.45) is 3.78. The Morgan fingerprint density at radius 1 is 1.04 bits per heavy atom. The fourth-order valence-electron chi connectivity index (χ4n) is 6.41. The number of hydrogen-bond donors (Lipinski definition) is 1. The van der Waals surface area contributed by atoms with Crippen LogP contribution in [0.4, 0.5) is 5.95 Å². The van der Waals surface area contributed by atoms with Crippen molar-refractivity contribution in [1.29, 1.82) is 0 Å². The highest BCUT2D eigenvalue weighted by Gasteiger charge is 2.32. The summed E-state index contributed by atoms with van der Waals surface area (Å²) in [5.41, 5.74) is 5.05. The van der Waals surface area contributed by atoms with E-state index in [4.69, 9.17) is 18.9 Å². The topological polar surface area (TPSA) is 150 Å². The van der Waals surface area contributed by atoms with Gasteiger partial charge >= 0.3 is 0 Å². The minimum Gasteiger partial charge on any atom is -0.475 e. The van der Waals surface area contributed by atoms with Crippen LogP contribution in [0, 0.1) is 13.8 Å². The summed E-state index contributed by atoms with van der Waals surface area (Å²) in [4.78, 5) is 34.4. The van der Waals surface area contributed by atoms with Gasteiger partial charge in [-0.3, -0.25) is 4.79 Å². The lowest BCUT2D eigenvalue weighted by atomic mass is 10.00. The van der Waals surface area contributed by atoms with Gasteiger partial charge in [0.15, 0.2) is 0 Å². The highest BCUT2D eigenvalue weighted by atomic mass is 32.2. The van der Waals surface area contributed by atoms with Gasteiger partial charge in [0.05, 0.1) is 41.2 Å². The predicted molar refractivity (Wildman–Crippen MR) is 185 cm³/mol. The molecule has 2 atom stereocenters. The molecule has 2 aromatic carbocycles. The Kier molecular flexibility index (Phi) is 8.80. The highest BCUT2D eigenvalue weighted by Crippen LogP contribution is 2.31. The molecule has 5 aromatic rings. The largest absolute Gasteiger partial charge is 0.475 e. The number of nitrogens with one attached hydrogen (secondary N) is 1. The summed E-state index contributed by atoms with van der Waals surface area (Å²) >= 11 is 0. The van der Waals surface area contributed by atoms with Gasteiger partial charge in [0.2, 0.25) is 17.5 Å². The van der Waals surface area contributed by atoms with Crippen molar-refractivity contribution in [3.05, 3.63) is 88.9 Å². The third-order valence-electron chi connectivity index (χ3n) is 8.95. The molecule has 1 unspecified atom stereocenters. The highest BCUT2D eigenvalue weighted by molar-refractivity contribution is 7.92. The molecule has 0 aliphatic carbocycles. The maximum atomic E-state index is 14.5. The lowest BCUT2D eigenvalue weighted by Gasteiger charge is -2.33. The summed E-state index contributed by atoms with van der Waals surface area (Å²) in [6, 6.07) is 14.9. The molecule has 1 N–H and O–H groups in total. The second-order valence-electron chi connectivity index (χ2n) is 12.9. The van der Waals surface area contributed by atoms with Crippen LogP contribution < -0.4 is 9.46 Å². The van der Waals surface area contributed by atoms with Gasteiger partial charge < -0.3 is 18.8 Å². The Bertz CT molecular complexity index is 2130. The number of nitrogens with zero attached hydrogens (tertiary/aromatic N) is 5. The Balaban J connectivity index is 0.00000432. The van der Waals surface area contributed by atoms with Crippen molar-refractivity contribution in [1.82, 2.24) is 24.8 Å². The summed E-state index contributed by atoms with van der Waals surface area (Å²) in [7, 11) is -4.19. The van der Waals surface area contributed by atoms with E-state index in [1.165, 1.54) is 12.1 Å². The molecule has 2 aliphatic rings. The number of carbonyl (C=O) groups is 1. The van der Waals surface area contributed by atoms with Crippen LogP contribution in [0.1, 0.15) is 73.4 Å². The third kappa shape index (κ3) is 6.86. The molecule has 0 saturated carbocycles. The van der Waals surface area contributed by atoms with Gasteiger partial charge in [-0.1, -0.05) is 38.1 Å². The zero-order valence-electron chi connectivity index (χ0n) is 27.8. The van der Waals surface area contributed by atoms with E-state index in [1.807, 2.05) is 52.0 Å². The van der Waals surface area contributed by atoms with Crippen LogP contribution in [0.2, 0.25) is 0 Å². The molecule has 3 aromatic heterocycles. The van der Waals surface area contributed by atoms with E-state index >= 15 is 0 Å². The van der Waals surface area contributed by atoms with Gasteiger partial charge in [-0.2, -0.15) is 4.98 Å². The first-order valence-corrected chi connectivity index (χ1v) is 17.9. The molecular weight excluding hydrogens is 644 g/mol. The Morgan fingerprint density at radius 3 is 2.59 bits per heavy atom. The number of rotatable bonds is 6. The summed E-state index contributed by atoms with van der Waals surface area (Å²) in [5, 5.41) is 0. The minimum atomic E-state index is -4.19. The third-order valence-corrected chi connectivity index (χ3v) is 10.3. The van der Waals surface area contributed by atoms with E-state index in [-0.39, 0.29) is 54.8 Å². The number of anilines is 1. The number of furan rings is 1. The van der Waals surface area contributed by atoms with Crippen LogP contribution >= 0.6 is 0 Å². The van der Waals surface area contributed by atoms with Crippen LogP contribution in [0.15, 0.2) is 70.1 Å². The normalized spacial score (nSPS) is 19.2. The minimum absolute atomic E-state index is 0. The summed E-state index contributed by atoms with van der Waals surface area (Å²) in [6.45, 7) is 8.78. The maximum Gasteiger partial charge on any atom is 0.264 e. The summed E-state index contributed by atoms with van der Waals surface area (Å²) < 4.78 is 48.2. The van der Waals surface area contributed by atoms with Gasteiger partial charge in [0.1, 0.15) is 17.9 Å². The molecule has 5 heterocycles. The molecule has 12 nitrogen and oxygen atoms in total. The number of ether oxygens (including phenoxy) is 2. The van der Waals surface area contributed by atoms with Crippen molar-refractivity contribution >= 4 is 33.1 Å². The molecule has 13 heteroatoms. The number of amides is 1. The first-order chi connectivity index (χ1) is 23.5. The van der Waals surface area contributed by atoms with E-state index in [0.717, 1.165) is 35.3 Å². The molecule has 1 amide bonds. The van der Waals surface area contributed by atoms with Crippen molar-refractivity contribution < 1.29 is 28.5 Å². The number of fused-ring (bicyclic) bond motifs is 5. The van der Waals surface area contributed by atoms with Crippen LogP contribution in [0.3, 0.4) is 0 Å². The lowest BCUT2D eigenvalue weighted by molar-refractivity contribution is 0.0369. The molecule has 1 fully saturated rings. The molecule has 0 radical (unpaired) electrons. The van der Waals surface area contributed by atoms with Gasteiger partial charge in [0.25, 0.3) is 15.9 Å². The average Bonchev–Trinajstić information content (AvgIpc) is 3.75. The van der Waals surface area contributed by atoms with Crippen molar-refractivity contribution in [2.45, 2.75) is 76.5 Å². The first-order valence-electron chi connectivity index (χ1n) is 16.4. The lowest BCUT2D eigenvalue weighted by Crippen LogP contribution is -2.45. The van der Waals surface area contributed by atoms with Crippen molar-refractivity contribution in [2.24, 2.45) is 0 Å². The Morgan fingerprint density at radius 2 is 1.84 bits per heavy atom. The van der Waals surface area contributed by atoms with Crippen LogP contribution in [0.5, 0.6) is 5.88 Å². The van der Waals surface area contributed by atoms with Crippen molar-refractivity contribution in [3.63, 3.8) is 0 Å². The number of carbonyl (C=O) groups excluding carboxylic acids is 1. The Hall–Kier alpha value is -4.88. The molecule has 0 spiro atoms. The molecule has 256 valence electrons. The van der Waals surface area contributed by atoms with Gasteiger partial charge in [-0.15, -0.1) is 0 Å². The maximum absolute atomic E-state index is 14.5. The molecule has 2 aliphatic heterocycles. The van der Waals surface area contributed by atoms with Gasteiger partial charge in [0, 0.05) is 37.2 Å². The second kappa shape index (κ2) is 13.2. The number of benzene rings is 2. The molecule has 4 bridgehead atoms. The van der Waals surface area contributed by atoms with E-state index in [9.17, 15) is 13.2 Å². The molecule has 49 heavy (non-hydrogen) atoms. The molecule has 7 rings (SSSR count). The zero-order chi connectivity index (χ0) is 34.3. The van der Waals surface area contributed by atoms with E-state index in [0.29, 0.717) is 35.6 Å². The fraction of sp³-hybridized carbons (Fsp3) is 0.361. The van der Waals surface area contributed by atoms with Crippen molar-refractivity contribution in [3.8, 4) is 17.1 Å². The molecular formula is C36H40N6O6S. The summed E-state index contributed by atoms with van der Waals surface area (Å²) in [5.74, 6) is 0.578. The van der Waals surface area contributed by atoms with Gasteiger partial charge in [-0.25, -0.2) is 28.1 Å². The number of aromatic nitrogens is 4. The predicted octanol–water partition coefficient (Wildman–Crippen LogP) is 6.44. The standard InChI is InChI=1S/C36H38N6O6S.H2/c1-21(2)31-16-30-34(48-31)37-18-25(38-30)19-42-26(15-27-11-7-13-46-27)20-47-32-17-29(33-22(3)8-5-9-23(33)4)39-36(40-32)41-49(44,45)28-12-6-10-24(14-28)35(42)43;/h5-6,8-10,12,14,16-18,21,26-27H,7,11,13,15,19-20H2,1-4H3,(H,39,40,41);1H/t26-,27?;/m1./s1. The van der Waals surface area contributed by atoms with Crippen LogP contribution in [-0.4, -0.2) is 64.5 Å². The Labute approximate surface area is 286 Å². The molecule has 1 saturated heterocycles. The van der Waals surface area contributed by atoms with Gasteiger partial charge in [-0.05, 0) is 62.4 Å². The van der Waals surface area contributed by atoms with Crippen molar-refractivity contribution in [2.75, 3.05) is 17.9 Å². The van der Waals surface area contributed by atoms with E-state index in [1.54, 1.807) is 29.3 Å². The number of hydrogen-bond acceptors (Lipinski definition) is 10. The fourth-order valence-corrected chi connectivity index (χ4v) is 7.40. The van der Waals surface area contributed by atoms with E-state index in [2.05, 4.69) is 19.7 Å². The average molecular weight is 685 g/mol. The quantitative estimate of drug-likeness (QED) is 0.212. The van der Waals surface area contributed by atoms with Crippen LogP contribution in [0.25, 0.3) is 22.5 Å². The first kappa shape index (κ1) is 32.7. The monoisotopic (exact) mass is 684 g/mol. The number of aryl methyl sites for hydroxylation is 2. The second-order valence-corrected chi connectivity index (χ2v) is 14.6. The number of sulfonamides is 1. The smallest absolute Gasteiger partial charge is 0.264 e. The van der Waals surface area contributed by atoms with E-state index < -0.39 is 16.1 Å². The SMILES string of the molecule is Cc1cccc(C)c1-c1cc2nc(n1)NS(=O)(=O)c1cccc(c1)C(=O)N(Cc1cnc3oc(C(C)C)cc3n1)[C@H](CC1CCCO1)CO2.[HH]. The van der Waals surface area contributed by atoms with Crippen LogP contribution in [-0.2, 0) is 21.3 Å².